The Labute approximate surface area is 127 Å². The molecule has 20 heavy (non-hydrogen) atoms. The van der Waals surface area contributed by atoms with E-state index in [0.29, 0.717) is 11.8 Å². The lowest BCUT2D eigenvalue weighted by Crippen LogP contribution is -2.26. The predicted octanol–water partition coefficient (Wildman–Crippen LogP) is 4.63. The largest absolute Gasteiger partial charge is 0.316 e. The standard InChI is InChI=1S/C18H25NS/c1-14(2)11-19-12-17(10-16-8-9-20-13-16)18-7-5-4-6-15(18)3/h4-9,13-14,17,19H,10-12H2,1-3H3. The van der Waals surface area contributed by atoms with Crippen molar-refractivity contribution in [2.24, 2.45) is 5.92 Å². The van der Waals surface area contributed by atoms with Gasteiger partial charge >= 0.3 is 0 Å². The van der Waals surface area contributed by atoms with E-state index in [9.17, 15) is 0 Å². The molecule has 0 fully saturated rings. The number of rotatable bonds is 7. The second-order valence-corrected chi connectivity index (χ2v) is 6.72. The van der Waals surface area contributed by atoms with E-state index in [1.54, 1.807) is 11.3 Å². The van der Waals surface area contributed by atoms with Crippen molar-refractivity contribution in [3.05, 3.63) is 57.8 Å². The lowest BCUT2D eigenvalue weighted by atomic mass is 9.90. The van der Waals surface area contributed by atoms with Gasteiger partial charge in [-0.3, -0.25) is 0 Å². The molecule has 0 aliphatic carbocycles. The molecular weight excluding hydrogens is 262 g/mol. The van der Waals surface area contributed by atoms with Gasteiger partial charge in [-0.2, -0.15) is 11.3 Å². The first-order valence-electron chi connectivity index (χ1n) is 7.44. The van der Waals surface area contributed by atoms with Gasteiger partial charge < -0.3 is 5.32 Å². The summed E-state index contributed by atoms with van der Waals surface area (Å²) in [4.78, 5) is 0. The van der Waals surface area contributed by atoms with Crippen LogP contribution in [0.1, 0.15) is 36.5 Å². The maximum Gasteiger partial charge on any atom is 0.00235 e. The van der Waals surface area contributed by atoms with Crippen LogP contribution >= 0.6 is 11.3 Å². The smallest absolute Gasteiger partial charge is 0.00235 e. The van der Waals surface area contributed by atoms with Gasteiger partial charge in [0.1, 0.15) is 0 Å². The summed E-state index contributed by atoms with van der Waals surface area (Å²) in [7, 11) is 0. The van der Waals surface area contributed by atoms with Crippen LogP contribution in [0.25, 0.3) is 0 Å². The summed E-state index contributed by atoms with van der Waals surface area (Å²) in [6, 6.07) is 11.0. The highest BCUT2D eigenvalue weighted by Crippen LogP contribution is 2.24. The van der Waals surface area contributed by atoms with Crippen LogP contribution in [0, 0.1) is 12.8 Å². The third kappa shape index (κ3) is 4.46. The summed E-state index contributed by atoms with van der Waals surface area (Å²) in [6.07, 6.45) is 1.12. The van der Waals surface area contributed by atoms with Crippen LogP contribution in [0.3, 0.4) is 0 Å². The van der Waals surface area contributed by atoms with Crippen LogP contribution in [0.2, 0.25) is 0 Å². The van der Waals surface area contributed by atoms with E-state index in [4.69, 9.17) is 0 Å². The van der Waals surface area contributed by atoms with Crippen molar-refractivity contribution in [2.75, 3.05) is 13.1 Å². The van der Waals surface area contributed by atoms with Crippen LogP contribution in [0.5, 0.6) is 0 Å². The zero-order chi connectivity index (χ0) is 14.4. The fraction of sp³-hybridized carbons (Fsp3) is 0.444. The van der Waals surface area contributed by atoms with Crippen LogP contribution in [0.4, 0.5) is 0 Å². The fourth-order valence-electron chi connectivity index (χ4n) is 2.58. The Hall–Kier alpha value is -1.12. The molecule has 0 amide bonds. The first kappa shape index (κ1) is 15.3. The van der Waals surface area contributed by atoms with Gasteiger partial charge in [0.05, 0.1) is 0 Å². The number of hydrogen-bond donors (Lipinski definition) is 1. The Morgan fingerprint density at radius 3 is 2.55 bits per heavy atom. The molecule has 1 unspecified atom stereocenters. The molecule has 2 heteroatoms. The number of nitrogens with one attached hydrogen (secondary N) is 1. The van der Waals surface area contributed by atoms with Crippen molar-refractivity contribution in [1.82, 2.24) is 5.32 Å². The van der Waals surface area contributed by atoms with E-state index < -0.39 is 0 Å². The first-order valence-corrected chi connectivity index (χ1v) is 8.38. The third-order valence-corrected chi connectivity index (χ3v) is 4.37. The van der Waals surface area contributed by atoms with Gasteiger partial charge in [-0.1, -0.05) is 38.1 Å². The molecule has 1 heterocycles. The van der Waals surface area contributed by atoms with Crippen LogP contribution in [-0.4, -0.2) is 13.1 Å². The molecule has 2 rings (SSSR count). The minimum Gasteiger partial charge on any atom is -0.316 e. The monoisotopic (exact) mass is 287 g/mol. The molecule has 0 aliphatic rings. The molecule has 0 bridgehead atoms. The molecule has 0 saturated heterocycles. The SMILES string of the molecule is Cc1ccccc1C(CNCC(C)C)Cc1ccsc1. The lowest BCUT2D eigenvalue weighted by molar-refractivity contribution is 0.513. The van der Waals surface area contributed by atoms with Crippen molar-refractivity contribution in [1.29, 1.82) is 0 Å². The van der Waals surface area contributed by atoms with Gasteiger partial charge in [0.15, 0.2) is 0 Å². The molecule has 1 N–H and O–H groups in total. The second-order valence-electron chi connectivity index (χ2n) is 5.94. The van der Waals surface area contributed by atoms with E-state index in [-0.39, 0.29) is 0 Å². The average Bonchev–Trinajstić information content (AvgIpc) is 2.91. The van der Waals surface area contributed by atoms with Crippen LogP contribution < -0.4 is 5.32 Å². The molecular formula is C18H25NS. The van der Waals surface area contributed by atoms with Crippen molar-refractivity contribution >= 4 is 11.3 Å². The number of hydrogen-bond acceptors (Lipinski definition) is 2. The Balaban J connectivity index is 2.09. The Kier molecular flexibility index (Phi) is 5.81. The first-order chi connectivity index (χ1) is 9.66. The maximum atomic E-state index is 3.63. The summed E-state index contributed by atoms with van der Waals surface area (Å²) in [6.45, 7) is 8.88. The molecule has 108 valence electrons. The highest BCUT2D eigenvalue weighted by atomic mass is 32.1. The summed E-state index contributed by atoms with van der Waals surface area (Å²) in [5.74, 6) is 1.26. The van der Waals surface area contributed by atoms with E-state index in [1.165, 1.54) is 16.7 Å². The molecule has 1 aromatic carbocycles. The van der Waals surface area contributed by atoms with Gasteiger partial charge in [0.2, 0.25) is 0 Å². The van der Waals surface area contributed by atoms with Crippen LogP contribution in [0.15, 0.2) is 41.1 Å². The highest BCUT2D eigenvalue weighted by molar-refractivity contribution is 7.07. The summed E-state index contributed by atoms with van der Waals surface area (Å²) >= 11 is 1.79. The summed E-state index contributed by atoms with van der Waals surface area (Å²) in [5.41, 5.74) is 4.34. The minimum absolute atomic E-state index is 0.560. The quantitative estimate of drug-likeness (QED) is 0.783. The maximum absolute atomic E-state index is 3.63. The number of aryl methyl sites for hydroxylation is 1. The number of benzene rings is 1. The van der Waals surface area contributed by atoms with E-state index >= 15 is 0 Å². The van der Waals surface area contributed by atoms with E-state index in [1.807, 2.05) is 0 Å². The molecule has 0 spiro atoms. The molecule has 1 nitrogen and oxygen atoms in total. The zero-order valence-electron chi connectivity index (χ0n) is 12.7. The van der Waals surface area contributed by atoms with Crippen molar-refractivity contribution in [3.63, 3.8) is 0 Å². The molecule has 2 aromatic rings. The normalized spacial score (nSPS) is 12.8. The Morgan fingerprint density at radius 2 is 1.90 bits per heavy atom. The van der Waals surface area contributed by atoms with Crippen molar-refractivity contribution in [3.8, 4) is 0 Å². The topological polar surface area (TPSA) is 12.0 Å². The van der Waals surface area contributed by atoms with Gasteiger partial charge in [-0.15, -0.1) is 0 Å². The average molecular weight is 287 g/mol. The molecule has 0 saturated carbocycles. The van der Waals surface area contributed by atoms with Gasteiger partial charge in [-0.05, 0) is 59.3 Å². The van der Waals surface area contributed by atoms with Crippen molar-refractivity contribution in [2.45, 2.75) is 33.1 Å². The third-order valence-electron chi connectivity index (χ3n) is 3.63. The highest BCUT2D eigenvalue weighted by Gasteiger charge is 2.14. The minimum atomic E-state index is 0.560. The fourth-order valence-corrected chi connectivity index (χ4v) is 3.26. The van der Waals surface area contributed by atoms with Crippen molar-refractivity contribution < 1.29 is 0 Å². The van der Waals surface area contributed by atoms with Gasteiger partial charge in [0.25, 0.3) is 0 Å². The van der Waals surface area contributed by atoms with E-state index in [2.05, 4.69) is 67.2 Å². The summed E-state index contributed by atoms with van der Waals surface area (Å²) < 4.78 is 0. The van der Waals surface area contributed by atoms with Gasteiger partial charge in [-0.25, -0.2) is 0 Å². The summed E-state index contributed by atoms with van der Waals surface area (Å²) in [5, 5.41) is 8.07. The Bertz CT molecular complexity index is 502. The zero-order valence-corrected chi connectivity index (χ0v) is 13.5. The molecule has 1 aromatic heterocycles. The predicted molar refractivity (Wildman–Crippen MR) is 89.7 cm³/mol. The Morgan fingerprint density at radius 1 is 1.10 bits per heavy atom. The molecule has 0 radical (unpaired) electrons. The molecule has 1 atom stereocenters. The molecule has 0 aliphatic heterocycles. The van der Waals surface area contributed by atoms with E-state index in [0.717, 1.165) is 19.5 Å². The second kappa shape index (κ2) is 7.61. The van der Waals surface area contributed by atoms with Gasteiger partial charge in [0, 0.05) is 12.5 Å². The lowest BCUT2D eigenvalue weighted by Gasteiger charge is -2.20. The van der Waals surface area contributed by atoms with Crippen LogP contribution in [-0.2, 0) is 6.42 Å². The number of thiophene rings is 1.